The molecular weight excluding hydrogens is 366 g/mol. The molecule has 1 N–H and O–H groups in total. The van der Waals surface area contributed by atoms with Crippen LogP contribution in [-0.2, 0) is 20.7 Å². The fourth-order valence-corrected chi connectivity index (χ4v) is 2.43. The van der Waals surface area contributed by atoms with Crippen LogP contribution in [0.2, 0.25) is 5.02 Å². The van der Waals surface area contributed by atoms with E-state index >= 15 is 0 Å². The molecule has 0 aliphatic heterocycles. The summed E-state index contributed by atoms with van der Waals surface area (Å²) in [7, 11) is 0. The second kappa shape index (κ2) is 8.43. The van der Waals surface area contributed by atoms with Crippen molar-refractivity contribution in [3.63, 3.8) is 0 Å². The van der Waals surface area contributed by atoms with E-state index in [1.165, 1.54) is 18.2 Å². The lowest BCUT2D eigenvalue weighted by molar-refractivity contribution is -0.383. The summed E-state index contributed by atoms with van der Waals surface area (Å²) in [4.78, 5) is 33.9. The molecule has 0 aliphatic carbocycles. The molecule has 0 unspecified atom stereocenters. The third-order valence-electron chi connectivity index (χ3n) is 3.55. The fourth-order valence-electron chi connectivity index (χ4n) is 2.26. The number of aryl methyl sites for hydroxylation is 2. The molecule has 2 aromatic rings. The Morgan fingerprint density at radius 3 is 2.73 bits per heavy atom. The van der Waals surface area contributed by atoms with Crippen molar-refractivity contribution in [2.75, 3.05) is 11.9 Å². The van der Waals surface area contributed by atoms with Crippen molar-refractivity contribution >= 4 is 34.9 Å². The van der Waals surface area contributed by atoms with E-state index < -0.39 is 23.4 Å². The standard InChI is InChI=1S/C16H16ClN3O6/c1-9-12(10(2)26-19-9)4-6-16(22)25-8-15(21)18-13-7-11(17)3-5-14(13)20(23)24/h3,5,7H,4,6,8H2,1-2H3,(H,18,21). The topological polar surface area (TPSA) is 125 Å². The van der Waals surface area contributed by atoms with Gasteiger partial charge in [-0.15, -0.1) is 0 Å². The number of nitro groups is 1. The molecule has 1 aromatic heterocycles. The molecule has 0 radical (unpaired) electrons. The van der Waals surface area contributed by atoms with Crippen LogP contribution >= 0.6 is 11.6 Å². The van der Waals surface area contributed by atoms with Crippen LogP contribution < -0.4 is 5.32 Å². The number of esters is 1. The molecule has 9 nitrogen and oxygen atoms in total. The molecular formula is C16H16ClN3O6. The smallest absolute Gasteiger partial charge is 0.306 e. The van der Waals surface area contributed by atoms with Gasteiger partial charge in [-0.05, 0) is 32.4 Å². The number of nitrogens with one attached hydrogen (secondary N) is 1. The summed E-state index contributed by atoms with van der Waals surface area (Å²) in [5, 5.41) is 17.3. The lowest BCUT2D eigenvalue weighted by atomic mass is 10.1. The van der Waals surface area contributed by atoms with Gasteiger partial charge in [0.25, 0.3) is 11.6 Å². The number of anilines is 1. The number of carbonyl (C=O) groups excluding carboxylic acids is 2. The number of benzene rings is 1. The highest BCUT2D eigenvalue weighted by Gasteiger charge is 2.17. The Labute approximate surface area is 153 Å². The van der Waals surface area contributed by atoms with E-state index in [-0.39, 0.29) is 22.8 Å². The van der Waals surface area contributed by atoms with Crippen molar-refractivity contribution in [2.24, 2.45) is 0 Å². The third-order valence-corrected chi connectivity index (χ3v) is 3.79. The second-order valence-electron chi connectivity index (χ2n) is 5.43. The lowest BCUT2D eigenvalue weighted by Crippen LogP contribution is -2.21. The van der Waals surface area contributed by atoms with Gasteiger partial charge in [0.1, 0.15) is 11.4 Å². The summed E-state index contributed by atoms with van der Waals surface area (Å²) in [6, 6.07) is 3.76. The van der Waals surface area contributed by atoms with Gasteiger partial charge in [-0.1, -0.05) is 16.8 Å². The van der Waals surface area contributed by atoms with Crippen molar-refractivity contribution in [2.45, 2.75) is 26.7 Å². The zero-order chi connectivity index (χ0) is 19.3. The number of amides is 1. The molecule has 1 heterocycles. The molecule has 0 saturated heterocycles. The third kappa shape index (κ3) is 5.03. The molecule has 138 valence electrons. The van der Waals surface area contributed by atoms with Gasteiger partial charge in [0.05, 0.1) is 10.6 Å². The maximum absolute atomic E-state index is 11.9. The first kappa shape index (κ1) is 19.4. The van der Waals surface area contributed by atoms with Gasteiger partial charge < -0.3 is 14.6 Å². The summed E-state index contributed by atoms with van der Waals surface area (Å²) in [6.45, 7) is 2.94. The van der Waals surface area contributed by atoms with Crippen LogP contribution in [0.25, 0.3) is 0 Å². The molecule has 26 heavy (non-hydrogen) atoms. The SMILES string of the molecule is Cc1noc(C)c1CCC(=O)OCC(=O)Nc1cc(Cl)ccc1[N+](=O)[O-]. The van der Waals surface area contributed by atoms with E-state index in [4.69, 9.17) is 20.9 Å². The monoisotopic (exact) mass is 381 g/mol. The summed E-state index contributed by atoms with van der Waals surface area (Å²) in [6.07, 6.45) is 0.425. The van der Waals surface area contributed by atoms with Crippen LogP contribution in [0.4, 0.5) is 11.4 Å². The van der Waals surface area contributed by atoms with Crippen LogP contribution in [0.1, 0.15) is 23.4 Å². The minimum absolute atomic E-state index is 0.0491. The van der Waals surface area contributed by atoms with E-state index in [2.05, 4.69) is 10.5 Å². The summed E-state index contributed by atoms with van der Waals surface area (Å²) in [5.41, 5.74) is 1.13. The number of aromatic nitrogens is 1. The number of hydrogen-bond donors (Lipinski definition) is 1. The van der Waals surface area contributed by atoms with E-state index in [1.54, 1.807) is 13.8 Å². The van der Waals surface area contributed by atoms with Gasteiger partial charge >= 0.3 is 5.97 Å². The van der Waals surface area contributed by atoms with Crippen molar-refractivity contribution in [3.05, 3.63) is 50.4 Å². The zero-order valence-corrected chi connectivity index (χ0v) is 14.8. The van der Waals surface area contributed by atoms with Gasteiger partial charge in [-0.2, -0.15) is 0 Å². The van der Waals surface area contributed by atoms with E-state index in [1.807, 2.05) is 0 Å². The molecule has 0 bridgehead atoms. The number of halogens is 1. The number of rotatable bonds is 7. The number of carbonyl (C=O) groups is 2. The van der Waals surface area contributed by atoms with Gasteiger partial charge in [0.2, 0.25) is 0 Å². The van der Waals surface area contributed by atoms with E-state index in [0.717, 1.165) is 5.56 Å². The predicted octanol–water partition coefficient (Wildman–Crippen LogP) is 2.97. The van der Waals surface area contributed by atoms with Crippen molar-refractivity contribution in [3.8, 4) is 0 Å². The Morgan fingerprint density at radius 1 is 1.38 bits per heavy atom. The maximum Gasteiger partial charge on any atom is 0.306 e. The molecule has 2 rings (SSSR count). The summed E-state index contributed by atoms with van der Waals surface area (Å²) >= 11 is 5.78. The first-order valence-electron chi connectivity index (χ1n) is 7.59. The molecule has 0 fully saturated rings. The molecule has 0 aliphatic rings. The molecule has 1 aromatic carbocycles. The highest BCUT2D eigenvalue weighted by Crippen LogP contribution is 2.27. The number of nitro benzene ring substituents is 1. The number of nitrogens with zero attached hydrogens (tertiary/aromatic N) is 2. The Morgan fingerprint density at radius 2 is 2.12 bits per heavy atom. The van der Waals surface area contributed by atoms with Gasteiger partial charge in [0.15, 0.2) is 6.61 Å². The zero-order valence-electron chi connectivity index (χ0n) is 14.1. The molecule has 1 amide bonds. The average molecular weight is 382 g/mol. The highest BCUT2D eigenvalue weighted by atomic mass is 35.5. The Bertz CT molecular complexity index is 829. The van der Waals surface area contributed by atoms with Crippen molar-refractivity contribution in [1.82, 2.24) is 5.16 Å². The normalized spacial score (nSPS) is 10.4. The summed E-state index contributed by atoms with van der Waals surface area (Å²) in [5.74, 6) is -0.664. The van der Waals surface area contributed by atoms with E-state index in [0.29, 0.717) is 17.9 Å². The molecule has 0 atom stereocenters. The minimum atomic E-state index is -0.707. The Hall–Kier alpha value is -2.94. The maximum atomic E-state index is 11.9. The Kier molecular flexibility index (Phi) is 6.29. The minimum Gasteiger partial charge on any atom is -0.456 e. The van der Waals surface area contributed by atoms with Gasteiger partial charge in [0, 0.05) is 23.1 Å². The predicted molar refractivity (Wildman–Crippen MR) is 92.0 cm³/mol. The average Bonchev–Trinajstić information content (AvgIpc) is 2.89. The van der Waals surface area contributed by atoms with Crippen LogP contribution in [-0.4, -0.2) is 28.6 Å². The van der Waals surface area contributed by atoms with Crippen LogP contribution in [0.5, 0.6) is 0 Å². The number of hydrogen-bond acceptors (Lipinski definition) is 7. The summed E-state index contributed by atoms with van der Waals surface area (Å²) < 4.78 is 9.88. The molecule has 0 spiro atoms. The number of ether oxygens (including phenoxy) is 1. The molecule has 0 saturated carbocycles. The van der Waals surface area contributed by atoms with Crippen LogP contribution in [0, 0.1) is 24.0 Å². The highest BCUT2D eigenvalue weighted by molar-refractivity contribution is 6.31. The van der Waals surface area contributed by atoms with Gasteiger partial charge in [-0.25, -0.2) is 0 Å². The first-order valence-corrected chi connectivity index (χ1v) is 7.97. The van der Waals surface area contributed by atoms with Crippen molar-refractivity contribution in [1.29, 1.82) is 0 Å². The van der Waals surface area contributed by atoms with Crippen molar-refractivity contribution < 1.29 is 23.8 Å². The fraction of sp³-hybridized carbons (Fsp3) is 0.312. The second-order valence-corrected chi connectivity index (χ2v) is 5.87. The van der Waals surface area contributed by atoms with E-state index in [9.17, 15) is 19.7 Å². The van der Waals surface area contributed by atoms with Crippen LogP contribution in [0.3, 0.4) is 0 Å². The Balaban J connectivity index is 1.86. The largest absolute Gasteiger partial charge is 0.456 e. The lowest BCUT2D eigenvalue weighted by Gasteiger charge is -2.07. The first-order chi connectivity index (χ1) is 12.3. The van der Waals surface area contributed by atoms with Gasteiger partial charge in [-0.3, -0.25) is 19.7 Å². The quantitative estimate of drug-likeness (QED) is 0.444. The molecule has 10 heteroatoms. The van der Waals surface area contributed by atoms with Crippen LogP contribution in [0.15, 0.2) is 22.7 Å².